The number of carbonyl (C=O) groups excluding carboxylic acids is 1. The van der Waals surface area contributed by atoms with Gasteiger partial charge in [0.2, 0.25) is 11.5 Å². The Bertz CT molecular complexity index is 919. The number of Topliss-reactive ketones (excluding diaryl/α,β-unsaturated/α-hetero) is 1. The van der Waals surface area contributed by atoms with Crippen LogP contribution in [0.2, 0.25) is 0 Å². The quantitative estimate of drug-likeness (QED) is 0.860. The zero-order chi connectivity index (χ0) is 17.2. The van der Waals surface area contributed by atoms with Crippen molar-refractivity contribution in [2.24, 2.45) is 5.41 Å². The highest BCUT2D eigenvalue weighted by Gasteiger charge is 2.80. The van der Waals surface area contributed by atoms with Gasteiger partial charge in [-0.05, 0) is 17.5 Å². The summed E-state index contributed by atoms with van der Waals surface area (Å²) >= 11 is 0. The van der Waals surface area contributed by atoms with E-state index in [9.17, 15) is 9.90 Å². The summed E-state index contributed by atoms with van der Waals surface area (Å²) in [6.07, 6.45) is 0.798. The maximum atomic E-state index is 12.8. The summed E-state index contributed by atoms with van der Waals surface area (Å²) in [6, 6.07) is 19.5. The van der Waals surface area contributed by atoms with Gasteiger partial charge in [0.05, 0.1) is 0 Å². The molecular formula is C21H18N2O2. The molecule has 2 aromatic rings. The van der Waals surface area contributed by atoms with Crippen molar-refractivity contribution in [3.8, 4) is 0 Å². The Labute approximate surface area is 145 Å². The first-order chi connectivity index (χ1) is 12.2. The third-order valence-electron chi connectivity index (χ3n) is 6.28. The van der Waals surface area contributed by atoms with Crippen molar-refractivity contribution in [3.63, 3.8) is 0 Å². The van der Waals surface area contributed by atoms with E-state index >= 15 is 0 Å². The molecule has 3 aliphatic rings. The van der Waals surface area contributed by atoms with Crippen molar-refractivity contribution in [2.75, 3.05) is 0 Å². The summed E-state index contributed by atoms with van der Waals surface area (Å²) in [5.41, 5.74) is 10.5. The van der Waals surface area contributed by atoms with Crippen molar-refractivity contribution in [2.45, 2.75) is 30.7 Å². The Morgan fingerprint density at radius 1 is 0.920 bits per heavy atom. The molecule has 2 aromatic carbocycles. The summed E-state index contributed by atoms with van der Waals surface area (Å²) in [5, 5.41) is 12.7. The molecular weight excluding hydrogens is 312 g/mol. The van der Waals surface area contributed by atoms with Gasteiger partial charge in [-0.15, -0.1) is 0 Å². The van der Waals surface area contributed by atoms with E-state index in [-0.39, 0.29) is 23.4 Å². The molecule has 1 N–H and O–H groups in total. The lowest BCUT2D eigenvalue weighted by Crippen LogP contribution is -2.59. The molecule has 1 spiro atoms. The summed E-state index contributed by atoms with van der Waals surface area (Å²) in [5.74, 6) is 0.0536. The topological polar surface area (TPSA) is 67.0 Å². The van der Waals surface area contributed by atoms with Crippen molar-refractivity contribution in [1.29, 1.82) is 5.53 Å². The van der Waals surface area contributed by atoms with Gasteiger partial charge in [0.15, 0.2) is 0 Å². The van der Waals surface area contributed by atoms with Crippen LogP contribution < -0.4 is 5.11 Å². The molecule has 4 nitrogen and oxygen atoms in total. The largest absolute Gasteiger partial charge is 0.871 e. The van der Waals surface area contributed by atoms with Gasteiger partial charge in [-0.2, -0.15) is 0 Å². The van der Waals surface area contributed by atoms with Crippen LogP contribution in [0, 0.1) is 10.9 Å². The van der Waals surface area contributed by atoms with E-state index < -0.39 is 11.5 Å². The third-order valence-corrected chi connectivity index (χ3v) is 6.28. The Balaban J connectivity index is 1.73. The summed E-state index contributed by atoms with van der Waals surface area (Å²) < 4.78 is 1.20. The van der Waals surface area contributed by atoms with Crippen LogP contribution in [-0.2, 0) is 4.79 Å². The first-order valence-electron chi connectivity index (χ1n) is 8.69. The molecule has 0 amide bonds. The minimum absolute atomic E-state index is 0.0238. The van der Waals surface area contributed by atoms with Crippen LogP contribution in [0.3, 0.4) is 0 Å². The smallest absolute Gasteiger partial charge is 0.257 e. The molecule has 1 saturated carbocycles. The zero-order valence-corrected chi connectivity index (χ0v) is 13.7. The van der Waals surface area contributed by atoms with Gasteiger partial charge in [0.25, 0.3) is 6.04 Å². The van der Waals surface area contributed by atoms with Crippen LogP contribution in [0.5, 0.6) is 0 Å². The molecule has 5 rings (SSSR count). The molecule has 0 aromatic heterocycles. The zero-order valence-electron chi connectivity index (χ0n) is 13.7. The number of hydrogen-bond acceptors (Lipinski definition) is 3. The highest BCUT2D eigenvalue weighted by atomic mass is 16.3. The lowest BCUT2D eigenvalue weighted by atomic mass is 9.58. The predicted molar refractivity (Wildman–Crippen MR) is 88.8 cm³/mol. The molecule has 0 radical (unpaired) electrons. The van der Waals surface area contributed by atoms with E-state index in [4.69, 9.17) is 5.53 Å². The Kier molecular flexibility index (Phi) is 2.85. The van der Waals surface area contributed by atoms with Crippen LogP contribution in [0.25, 0.3) is 0 Å². The van der Waals surface area contributed by atoms with Crippen LogP contribution in [-0.4, -0.2) is 16.5 Å². The number of rotatable bonds is 2. The van der Waals surface area contributed by atoms with Gasteiger partial charge >= 0.3 is 0 Å². The second kappa shape index (κ2) is 4.88. The van der Waals surface area contributed by atoms with Crippen LogP contribution in [0.15, 0.2) is 72.1 Å². The number of carbonyl (C=O) groups is 1. The average molecular weight is 330 g/mol. The molecule has 124 valence electrons. The number of hydrogen-bond donors (Lipinski definition) is 1. The highest BCUT2D eigenvalue weighted by Crippen LogP contribution is 2.71. The van der Waals surface area contributed by atoms with Crippen molar-refractivity contribution in [1.82, 2.24) is 0 Å². The van der Waals surface area contributed by atoms with Crippen molar-refractivity contribution in [3.05, 3.63) is 83.2 Å². The van der Waals surface area contributed by atoms with Gasteiger partial charge < -0.3 is 5.11 Å². The Morgan fingerprint density at radius 2 is 1.44 bits per heavy atom. The molecule has 4 atom stereocenters. The van der Waals surface area contributed by atoms with Crippen molar-refractivity contribution < 1.29 is 14.6 Å². The van der Waals surface area contributed by atoms with Gasteiger partial charge in [-0.1, -0.05) is 76.7 Å². The first kappa shape index (κ1) is 14.6. The highest BCUT2D eigenvalue weighted by molar-refractivity contribution is 5.91. The fourth-order valence-electron chi connectivity index (χ4n) is 5.45. The van der Waals surface area contributed by atoms with Gasteiger partial charge in [0, 0.05) is 18.3 Å². The lowest BCUT2D eigenvalue weighted by molar-refractivity contribution is -0.674. The second-order valence-corrected chi connectivity index (χ2v) is 7.28. The fourth-order valence-corrected chi connectivity index (χ4v) is 5.45. The Morgan fingerprint density at radius 3 is 2.00 bits per heavy atom. The van der Waals surface area contributed by atoms with E-state index in [1.807, 2.05) is 60.7 Å². The molecule has 1 saturated heterocycles. The summed E-state index contributed by atoms with van der Waals surface area (Å²) in [7, 11) is 0. The summed E-state index contributed by atoms with van der Waals surface area (Å²) in [4.78, 5) is 12.8. The van der Waals surface area contributed by atoms with Gasteiger partial charge in [0.1, 0.15) is 5.41 Å². The van der Waals surface area contributed by atoms with E-state index in [2.05, 4.69) is 0 Å². The van der Waals surface area contributed by atoms with Gasteiger partial charge in [-0.3, -0.25) is 4.79 Å². The van der Waals surface area contributed by atoms with Crippen LogP contribution >= 0.6 is 0 Å². The molecule has 4 unspecified atom stereocenters. The fraction of sp³-hybridized carbons (Fsp3) is 0.286. The Hall–Kier alpha value is -2.75. The monoisotopic (exact) mass is 330 g/mol. The summed E-state index contributed by atoms with van der Waals surface area (Å²) in [6.45, 7) is 0. The molecule has 25 heavy (non-hydrogen) atoms. The third kappa shape index (κ3) is 1.64. The number of nitrogens with zero attached hydrogens (tertiary/aromatic N) is 1. The molecule has 1 aliphatic heterocycles. The van der Waals surface area contributed by atoms with E-state index in [1.165, 1.54) is 4.70 Å². The molecule has 2 fully saturated rings. The first-order valence-corrected chi connectivity index (χ1v) is 8.69. The number of ketones is 1. The standard InChI is InChI=1S/C21H18N2O2/c22-23-19-17(24)11-15(13-7-3-1-4-8-13)21(19)16(12-18(25)20(21)23)14-9-5-2-6-10-14/h1-10,15-16,19H,11-12H2,(H-,22,25). The normalized spacial score (nSPS) is 33.2. The molecule has 2 aliphatic carbocycles. The average Bonchev–Trinajstić information content (AvgIpc) is 3.05. The van der Waals surface area contributed by atoms with Crippen LogP contribution in [0.1, 0.15) is 35.8 Å². The number of allylic oxidation sites excluding steroid dienone is 1. The lowest BCUT2D eigenvalue weighted by Gasteiger charge is -2.44. The van der Waals surface area contributed by atoms with E-state index in [0.29, 0.717) is 18.5 Å². The SMILES string of the molecule is N=[N+]1C2=C([O-])CC(c3ccccc3)C23C(c2ccccc2)CC(=O)C13. The van der Waals surface area contributed by atoms with E-state index in [1.54, 1.807) is 0 Å². The van der Waals surface area contributed by atoms with Gasteiger partial charge in [-0.25, -0.2) is 0 Å². The predicted octanol–water partition coefficient (Wildman–Crippen LogP) is 2.91. The number of nitrogens with one attached hydrogen (secondary N) is 1. The molecule has 4 heteroatoms. The number of benzene rings is 2. The minimum atomic E-state index is -0.543. The maximum absolute atomic E-state index is 12.8. The maximum Gasteiger partial charge on any atom is 0.257 e. The minimum Gasteiger partial charge on any atom is -0.871 e. The van der Waals surface area contributed by atoms with Crippen LogP contribution in [0.4, 0.5) is 0 Å². The molecule has 1 heterocycles. The second-order valence-electron chi connectivity index (χ2n) is 7.28. The molecule has 0 bridgehead atoms. The van der Waals surface area contributed by atoms with Crippen molar-refractivity contribution >= 4 is 5.78 Å². The van der Waals surface area contributed by atoms with E-state index in [0.717, 1.165) is 11.1 Å².